The van der Waals surface area contributed by atoms with Gasteiger partial charge >= 0.3 is 5.97 Å². The minimum Gasteiger partial charge on any atom is -0.450 e. The van der Waals surface area contributed by atoms with Crippen molar-refractivity contribution in [3.63, 3.8) is 0 Å². The first-order valence-electron chi connectivity index (χ1n) is 5.72. The molecule has 1 N–H and O–H groups in total. The average Bonchev–Trinajstić information content (AvgIpc) is 2.92. The van der Waals surface area contributed by atoms with E-state index in [2.05, 4.69) is 4.98 Å². The number of hydrogen-bond donors (Lipinski definition) is 1. The van der Waals surface area contributed by atoms with Crippen molar-refractivity contribution in [2.45, 2.75) is 13.0 Å². The highest BCUT2D eigenvalue weighted by atomic mass is 35.5. The number of carbonyl (C=O) groups is 2. The molecule has 0 saturated heterocycles. The molecule has 1 atom stereocenters. The topological polar surface area (TPSA) is 59.2 Å². The number of Topliss-reactive ketones (excluding diaryl/α,β-unsaturated/α-hetero) is 1. The van der Waals surface area contributed by atoms with Crippen LogP contribution in [0.4, 0.5) is 0 Å². The van der Waals surface area contributed by atoms with Gasteiger partial charge in [-0.15, -0.1) is 0 Å². The van der Waals surface area contributed by atoms with E-state index >= 15 is 0 Å². The maximum Gasteiger partial charge on any atom is 0.355 e. The van der Waals surface area contributed by atoms with Gasteiger partial charge in [0.2, 0.25) is 5.78 Å². The van der Waals surface area contributed by atoms with E-state index in [1.807, 2.05) is 0 Å². The number of H-pyrrole nitrogens is 1. The van der Waals surface area contributed by atoms with Crippen LogP contribution in [-0.2, 0) is 4.74 Å². The Morgan fingerprint density at radius 1 is 1.21 bits per heavy atom. The average molecular weight is 278 g/mol. The van der Waals surface area contributed by atoms with Crippen molar-refractivity contribution in [1.29, 1.82) is 0 Å². The second-order valence-electron chi connectivity index (χ2n) is 4.00. The Labute approximate surface area is 115 Å². The molecule has 1 aromatic carbocycles. The van der Waals surface area contributed by atoms with E-state index in [0.717, 1.165) is 0 Å². The fourth-order valence-corrected chi connectivity index (χ4v) is 1.71. The third-order valence-electron chi connectivity index (χ3n) is 2.60. The van der Waals surface area contributed by atoms with Gasteiger partial charge in [0.05, 0.1) is 0 Å². The molecule has 0 fully saturated rings. The van der Waals surface area contributed by atoms with Gasteiger partial charge in [0.1, 0.15) is 5.69 Å². The Bertz CT molecular complexity index is 575. The number of aromatic amines is 1. The van der Waals surface area contributed by atoms with Gasteiger partial charge in [0.25, 0.3) is 0 Å². The highest BCUT2D eigenvalue weighted by Crippen LogP contribution is 2.13. The van der Waals surface area contributed by atoms with Crippen LogP contribution in [0, 0.1) is 0 Å². The predicted octanol–water partition coefficient (Wildman–Crippen LogP) is 3.10. The molecule has 4 nitrogen and oxygen atoms in total. The van der Waals surface area contributed by atoms with Gasteiger partial charge in [-0.05, 0) is 43.3 Å². The van der Waals surface area contributed by atoms with Crippen LogP contribution < -0.4 is 0 Å². The maximum absolute atomic E-state index is 12.0. The maximum atomic E-state index is 12.0. The van der Waals surface area contributed by atoms with Crippen molar-refractivity contribution in [1.82, 2.24) is 4.98 Å². The Kier molecular flexibility index (Phi) is 4.02. The quantitative estimate of drug-likeness (QED) is 0.690. The molecule has 5 heteroatoms. The summed E-state index contributed by atoms with van der Waals surface area (Å²) in [5.41, 5.74) is 0.770. The summed E-state index contributed by atoms with van der Waals surface area (Å²) in [6, 6.07) is 9.71. The van der Waals surface area contributed by atoms with E-state index in [0.29, 0.717) is 16.3 Å². The van der Waals surface area contributed by atoms with E-state index in [9.17, 15) is 9.59 Å². The zero-order chi connectivity index (χ0) is 13.8. The number of rotatable bonds is 4. The van der Waals surface area contributed by atoms with Crippen molar-refractivity contribution in [3.8, 4) is 0 Å². The summed E-state index contributed by atoms with van der Waals surface area (Å²) in [4.78, 5) is 26.4. The minimum atomic E-state index is -0.850. The molecule has 0 aliphatic carbocycles. The number of aromatic nitrogens is 1. The van der Waals surface area contributed by atoms with Crippen LogP contribution in [-0.4, -0.2) is 22.8 Å². The Balaban J connectivity index is 2.03. The summed E-state index contributed by atoms with van der Waals surface area (Å²) in [7, 11) is 0. The highest BCUT2D eigenvalue weighted by molar-refractivity contribution is 6.30. The lowest BCUT2D eigenvalue weighted by Crippen LogP contribution is -2.24. The molecule has 19 heavy (non-hydrogen) atoms. The monoisotopic (exact) mass is 277 g/mol. The van der Waals surface area contributed by atoms with E-state index in [1.165, 1.54) is 6.92 Å². The number of hydrogen-bond acceptors (Lipinski definition) is 3. The summed E-state index contributed by atoms with van der Waals surface area (Å²) in [6.07, 6.45) is 0.763. The molecule has 0 saturated carbocycles. The largest absolute Gasteiger partial charge is 0.450 e. The van der Waals surface area contributed by atoms with Crippen LogP contribution in [0.25, 0.3) is 0 Å². The molecule has 2 rings (SSSR count). The molecule has 2 aromatic rings. The van der Waals surface area contributed by atoms with Gasteiger partial charge in [-0.1, -0.05) is 11.6 Å². The molecular weight excluding hydrogens is 266 g/mol. The molecular formula is C14H12ClNO3. The lowest BCUT2D eigenvalue weighted by atomic mass is 10.1. The number of benzene rings is 1. The zero-order valence-corrected chi connectivity index (χ0v) is 11.0. The van der Waals surface area contributed by atoms with E-state index < -0.39 is 12.1 Å². The van der Waals surface area contributed by atoms with E-state index in [4.69, 9.17) is 16.3 Å². The normalized spacial score (nSPS) is 11.9. The lowest BCUT2D eigenvalue weighted by molar-refractivity contribution is 0.0314. The molecule has 98 valence electrons. The van der Waals surface area contributed by atoms with Crippen molar-refractivity contribution in [2.24, 2.45) is 0 Å². The predicted molar refractivity (Wildman–Crippen MR) is 71.5 cm³/mol. The molecule has 1 aromatic heterocycles. The van der Waals surface area contributed by atoms with E-state index in [1.54, 1.807) is 42.6 Å². The van der Waals surface area contributed by atoms with Gasteiger partial charge in [0.15, 0.2) is 6.10 Å². The number of ketones is 1. The first-order valence-corrected chi connectivity index (χ1v) is 6.10. The molecule has 0 amide bonds. The van der Waals surface area contributed by atoms with Gasteiger partial charge in [0, 0.05) is 16.8 Å². The van der Waals surface area contributed by atoms with Crippen LogP contribution in [0.1, 0.15) is 27.8 Å². The smallest absolute Gasteiger partial charge is 0.355 e. The summed E-state index contributed by atoms with van der Waals surface area (Å²) in [5, 5.41) is 0.549. The van der Waals surface area contributed by atoms with Gasteiger partial charge in [-0.3, -0.25) is 4.79 Å². The van der Waals surface area contributed by atoms with Gasteiger partial charge < -0.3 is 9.72 Å². The molecule has 0 spiro atoms. The van der Waals surface area contributed by atoms with Crippen LogP contribution in [0.15, 0.2) is 42.6 Å². The summed E-state index contributed by atoms with van der Waals surface area (Å²) in [5.74, 6) is -0.823. The second-order valence-corrected chi connectivity index (χ2v) is 4.44. The van der Waals surface area contributed by atoms with Crippen molar-refractivity contribution in [2.75, 3.05) is 0 Å². The number of halogens is 1. The number of nitrogens with one attached hydrogen (secondary N) is 1. The van der Waals surface area contributed by atoms with Crippen LogP contribution >= 0.6 is 11.6 Å². The van der Waals surface area contributed by atoms with Gasteiger partial charge in [-0.2, -0.15) is 0 Å². The fraction of sp³-hybridized carbons (Fsp3) is 0.143. The molecule has 0 aliphatic rings. The number of ether oxygens (including phenoxy) is 1. The standard InChI is InChI=1S/C14H12ClNO3/c1-9(19-14(18)12-3-2-8-16-12)13(17)10-4-6-11(15)7-5-10/h2-9,16H,1H3/t9-/m1/s1. The first-order chi connectivity index (χ1) is 9.08. The SMILES string of the molecule is C[C@@H](OC(=O)c1ccc[nH]1)C(=O)c1ccc(Cl)cc1. The van der Waals surface area contributed by atoms with Crippen LogP contribution in [0.5, 0.6) is 0 Å². The molecule has 0 unspecified atom stereocenters. The Morgan fingerprint density at radius 3 is 2.47 bits per heavy atom. The Hall–Kier alpha value is -2.07. The van der Waals surface area contributed by atoms with Gasteiger partial charge in [-0.25, -0.2) is 4.79 Å². The second kappa shape index (κ2) is 5.71. The molecule has 0 aliphatic heterocycles. The highest BCUT2D eigenvalue weighted by Gasteiger charge is 2.20. The lowest BCUT2D eigenvalue weighted by Gasteiger charge is -2.11. The molecule has 0 bridgehead atoms. The van der Waals surface area contributed by atoms with Crippen molar-refractivity contribution >= 4 is 23.4 Å². The fourth-order valence-electron chi connectivity index (χ4n) is 1.58. The number of esters is 1. The third-order valence-corrected chi connectivity index (χ3v) is 2.85. The summed E-state index contributed by atoms with van der Waals surface area (Å²) < 4.78 is 5.09. The third kappa shape index (κ3) is 3.23. The van der Waals surface area contributed by atoms with Crippen molar-refractivity contribution in [3.05, 3.63) is 58.9 Å². The Morgan fingerprint density at radius 2 is 1.89 bits per heavy atom. The minimum absolute atomic E-state index is 0.267. The number of carbonyl (C=O) groups excluding carboxylic acids is 2. The summed E-state index contributed by atoms with van der Waals surface area (Å²) in [6.45, 7) is 1.54. The van der Waals surface area contributed by atoms with Crippen molar-refractivity contribution < 1.29 is 14.3 Å². The zero-order valence-electron chi connectivity index (χ0n) is 10.2. The van der Waals surface area contributed by atoms with E-state index in [-0.39, 0.29) is 5.78 Å². The summed E-state index contributed by atoms with van der Waals surface area (Å²) >= 11 is 5.75. The molecule has 1 heterocycles. The van der Waals surface area contributed by atoms with Crippen LogP contribution in [0.2, 0.25) is 5.02 Å². The van der Waals surface area contributed by atoms with Crippen LogP contribution in [0.3, 0.4) is 0 Å². The first kappa shape index (κ1) is 13.4. The molecule has 0 radical (unpaired) electrons.